The van der Waals surface area contributed by atoms with Gasteiger partial charge < -0.3 is 15.6 Å². The molecule has 0 fully saturated rings. The maximum absolute atomic E-state index is 11.9. The van der Waals surface area contributed by atoms with Gasteiger partial charge in [0.2, 0.25) is 0 Å². The van der Waals surface area contributed by atoms with Crippen LogP contribution in [0.25, 0.3) is 10.9 Å². The largest absolute Gasteiger partial charge is 0.399 e. The number of aromatic nitrogens is 1. The number of anilines is 1. The van der Waals surface area contributed by atoms with Crippen molar-refractivity contribution in [3.05, 3.63) is 30.0 Å². The molecule has 0 atom stereocenters. The number of H-pyrrole nitrogens is 1. The number of nitrogens with two attached hydrogens (primary N) is 1. The zero-order chi connectivity index (χ0) is 11.0. The second kappa shape index (κ2) is 3.31. The molecule has 1 aromatic carbocycles. The molecule has 1 aromatic heterocycles. The number of fused-ring (bicyclic) bond motifs is 1. The van der Waals surface area contributed by atoms with Crippen LogP contribution in [0.5, 0.6) is 0 Å². The molecule has 0 spiro atoms. The number of nitrogen functional groups attached to an aromatic ring is 1. The summed E-state index contributed by atoms with van der Waals surface area (Å²) in [7, 11) is 3.45. The minimum Gasteiger partial charge on any atom is -0.399 e. The molecule has 2 aromatic rings. The predicted octanol–water partition coefficient (Wildman–Crippen LogP) is 1.45. The Morgan fingerprint density at radius 2 is 2.13 bits per heavy atom. The molecule has 1 heterocycles. The van der Waals surface area contributed by atoms with Crippen molar-refractivity contribution in [1.82, 2.24) is 9.88 Å². The van der Waals surface area contributed by atoms with Gasteiger partial charge in [0, 0.05) is 36.9 Å². The SMILES string of the molecule is CN(C)C(=O)c1cc(N)cc2[nH]ccc12. The second-order valence-electron chi connectivity index (χ2n) is 3.71. The van der Waals surface area contributed by atoms with Crippen molar-refractivity contribution >= 4 is 22.5 Å². The number of nitrogens with zero attached hydrogens (tertiary/aromatic N) is 1. The summed E-state index contributed by atoms with van der Waals surface area (Å²) in [6.07, 6.45) is 1.80. The van der Waals surface area contributed by atoms with Crippen LogP contribution in [-0.4, -0.2) is 29.9 Å². The molecule has 4 nitrogen and oxygen atoms in total. The molecule has 0 aliphatic rings. The fraction of sp³-hybridized carbons (Fsp3) is 0.182. The number of hydrogen-bond donors (Lipinski definition) is 2. The lowest BCUT2D eigenvalue weighted by molar-refractivity contribution is 0.0829. The van der Waals surface area contributed by atoms with Crippen LogP contribution in [0.2, 0.25) is 0 Å². The van der Waals surface area contributed by atoms with Crippen molar-refractivity contribution < 1.29 is 4.79 Å². The van der Waals surface area contributed by atoms with Crippen molar-refractivity contribution in [2.75, 3.05) is 19.8 Å². The Balaban J connectivity index is 2.68. The summed E-state index contributed by atoms with van der Waals surface area (Å²) in [5.74, 6) is -0.0353. The second-order valence-corrected chi connectivity index (χ2v) is 3.71. The Morgan fingerprint density at radius 1 is 1.40 bits per heavy atom. The summed E-state index contributed by atoms with van der Waals surface area (Å²) >= 11 is 0. The van der Waals surface area contributed by atoms with Gasteiger partial charge >= 0.3 is 0 Å². The quantitative estimate of drug-likeness (QED) is 0.689. The monoisotopic (exact) mass is 203 g/mol. The van der Waals surface area contributed by atoms with Crippen LogP contribution in [0, 0.1) is 0 Å². The van der Waals surface area contributed by atoms with E-state index < -0.39 is 0 Å². The van der Waals surface area contributed by atoms with Gasteiger partial charge in [0.15, 0.2) is 0 Å². The van der Waals surface area contributed by atoms with E-state index in [9.17, 15) is 4.79 Å². The fourth-order valence-electron chi connectivity index (χ4n) is 1.61. The normalized spacial score (nSPS) is 10.5. The van der Waals surface area contributed by atoms with Gasteiger partial charge in [0.05, 0.1) is 5.56 Å². The van der Waals surface area contributed by atoms with Crippen molar-refractivity contribution in [3.63, 3.8) is 0 Å². The lowest BCUT2D eigenvalue weighted by Crippen LogP contribution is -2.21. The summed E-state index contributed by atoms with van der Waals surface area (Å²) in [4.78, 5) is 16.5. The number of amides is 1. The molecule has 0 aliphatic heterocycles. The Labute approximate surface area is 87.7 Å². The van der Waals surface area contributed by atoms with Crippen LogP contribution in [-0.2, 0) is 0 Å². The average molecular weight is 203 g/mol. The van der Waals surface area contributed by atoms with Gasteiger partial charge in [-0.3, -0.25) is 4.79 Å². The Bertz CT molecular complexity index is 514. The van der Waals surface area contributed by atoms with E-state index in [2.05, 4.69) is 4.98 Å². The average Bonchev–Trinajstić information content (AvgIpc) is 2.62. The first kappa shape index (κ1) is 9.58. The fourth-order valence-corrected chi connectivity index (χ4v) is 1.61. The molecule has 3 N–H and O–H groups in total. The maximum atomic E-state index is 11.9. The van der Waals surface area contributed by atoms with Crippen LogP contribution in [0.1, 0.15) is 10.4 Å². The van der Waals surface area contributed by atoms with Crippen molar-refractivity contribution in [2.45, 2.75) is 0 Å². The number of carbonyl (C=O) groups is 1. The molecule has 0 bridgehead atoms. The van der Waals surface area contributed by atoms with E-state index in [1.165, 1.54) is 0 Å². The highest BCUT2D eigenvalue weighted by atomic mass is 16.2. The lowest BCUT2D eigenvalue weighted by atomic mass is 10.1. The maximum Gasteiger partial charge on any atom is 0.254 e. The third-order valence-corrected chi connectivity index (χ3v) is 2.33. The Hall–Kier alpha value is -1.97. The van der Waals surface area contributed by atoms with Crippen molar-refractivity contribution in [3.8, 4) is 0 Å². The highest BCUT2D eigenvalue weighted by molar-refractivity contribution is 6.07. The van der Waals surface area contributed by atoms with Crippen molar-refractivity contribution in [2.24, 2.45) is 0 Å². The highest BCUT2D eigenvalue weighted by Crippen LogP contribution is 2.22. The van der Waals surface area contributed by atoms with Crippen LogP contribution in [0.4, 0.5) is 5.69 Å². The number of nitrogens with one attached hydrogen (secondary N) is 1. The van der Waals surface area contributed by atoms with E-state index in [4.69, 9.17) is 5.73 Å². The Morgan fingerprint density at radius 3 is 2.80 bits per heavy atom. The van der Waals surface area contributed by atoms with Gasteiger partial charge in [0.25, 0.3) is 5.91 Å². The van der Waals surface area contributed by atoms with E-state index >= 15 is 0 Å². The summed E-state index contributed by atoms with van der Waals surface area (Å²) in [6.45, 7) is 0. The number of hydrogen-bond acceptors (Lipinski definition) is 2. The zero-order valence-corrected chi connectivity index (χ0v) is 8.74. The van der Waals surface area contributed by atoms with Gasteiger partial charge in [0.1, 0.15) is 0 Å². The molecule has 2 rings (SSSR count). The molecular weight excluding hydrogens is 190 g/mol. The third kappa shape index (κ3) is 1.54. The molecule has 1 amide bonds. The zero-order valence-electron chi connectivity index (χ0n) is 8.74. The summed E-state index contributed by atoms with van der Waals surface area (Å²) in [5, 5.41) is 0.905. The molecule has 0 radical (unpaired) electrons. The van der Waals surface area contributed by atoms with Gasteiger partial charge in [-0.25, -0.2) is 0 Å². The third-order valence-electron chi connectivity index (χ3n) is 2.33. The van der Waals surface area contributed by atoms with Gasteiger partial charge in [-0.2, -0.15) is 0 Å². The van der Waals surface area contributed by atoms with E-state index in [1.807, 2.05) is 12.1 Å². The Kier molecular flexibility index (Phi) is 2.11. The lowest BCUT2D eigenvalue weighted by Gasteiger charge is -2.11. The van der Waals surface area contributed by atoms with Gasteiger partial charge in [-0.05, 0) is 18.2 Å². The molecule has 15 heavy (non-hydrogen) atoms. The summed E-state index contributed by atoms with van der Waals surface area (Å²) in [5.41, 5.74) is 7.85. The minimum atomic E-state index is -0.0353. The van der Waals surface area contributed by atoms with Gasteiger partial charge in [-0.1, -0.05) is 0 Å². The predicted molar refractivity (Wildman–Crippen MR) is 60.7 cm³/mol. The summed E-state index contributed by atoms with van der Waals surface area (Å²) < 4.78 is 0. The van der Waals surface area contributed by atoms with Crippen molar-refractivity contribution in [1.29, 1.82) is 0 Å². The van der Waals surface area contributed by atoms with E-state index in [-0.39, 0.29) is 5.91 Å². The van der Waals surface area contributed by atoms with Crippen LogP contribution in [0.15, 0.2) is 24.4 Å². The van der Waals surface area contributed by atoms with Crippen LogP contribution < -0.4 is 5.73 Å². The van der Waals surface area contributed by atoms with E-state index in [1.54, 1.807) is 31.3 Å². The highest BCUT2D eigenvalue weighted by Gasteiger charge is 2.13. The molecule has 4 heteroatoms. The summed E-state index contributed by atoms with van der Waals surface area (Å²) in [6, 6.07) is 5.41. The number of carbonyl (C=O) groups excluding carboxylic acids is 1. The van der Waals surface area contributed by atoms with Gasteiger partial charge in [-0.15, -0.1) is 0 Å². The number of aromatic amines is 1. The molecular formula is C11H13N3O. The first-order chi connectivity index (χ1) is 7.09. The van der Waals surface area contributed by atoms with E-state index in [0.29, 0.717) is 11.3 Å². The molecule has 0 saturated carbocycles. The number of rotatable bonds is 1. The molecule has 0 unspecified atom stereocenters. The topological polar surface area (TPSA) is 62.1 Å². The van der Waals surface area contributed by atoms with Crippen LogP contribution in [0.3, 0.4) is 0 Å². The molecule has 0 aliphatic carbocycles. The van der Waals surface area contributed by atoms with E-state index in [0.717, 1.165) is 10.9 Å². The molecule has 78 valence electrons. The first-order valence-electron chi connectivity index (χ1n) is 4.68. The molecule has 0 saturated heterocycles. The standard InChI is InChI=1S/C11H13N3O/c1-14(2)11(15)9-5-7(12)6-10-8(9)3-4-13-10/h3-6,13H,12H2,1-2H3. The van der Waals surface area contributed by atoms with Crippen LogP contribution >= 0.6 is 0 Å². The smallest absolute Gasteiger partial charge is 0.254 e. The first-order valence-corrected chi connectivity index (χ1v) is 4.68. The number of benzene rings is 1. The minimum absolute atomic E-state index is 0.0353.